The molecule has 1 heterocycles. The molecule has 118 valence electrons. The van der Waals surface area contributed by atoms with Gasteiger partial charge in [0.1, 0.15) is 11.8 Å². The zero-order valence-corrected chi connectivity index (χ0v) is 12.3. The molecule has 0 fully saturated rings. The third-order valence-electron chi connectivity index (χ3n) is 3.57. The number of alkyl halides is 2. The van der Waals surface area contributed by atoms with E-state index in [1.54, 1.807) is 36.4 Å². The molecule has 1 amide bonds. The number of carbonyl (C=O) groups is 1. The molecule has 0 atom stereocenters. The predicted octanol–water partition coefficient (Wildman–Crippen LogP) is 4.34. The number of hydrogen-bond donors (Lipinski definition) is 0. The molecule has 1 aromatic heterocycles. The number of carbonyl (C=O) groups excluding carboxylic acids is 1. The van der Waals surface area contributed by atoms with Crippen molar-refractivity contribution in [3.05, 3.63) is 72.0 Å². The maximum atomic E-state index is 12.9. The van der Waals surface area contributed by atoms with Gasteiger partial charge in [0.05, 0.1) is 12.1 Å². The summed E-state index contributed by atoms with van der Waals surface area (Å²) in [6, 6.07) is 16.1. The number of hydrogen-bond acceptors (Lipinski definition) is 2. The average molecular weight is 315 g/mol. The Morgan fingerprint density at radius 3 is 2.48 bits per heavy atom. The fourth-order valence-corrected chi connectivity index (χ4v) is 2.50. The van der Waals surface area contributed by atoms with Crippen LogP contribution in [0.2, 0.25) is 0 Å². The first-order chi connectivity index (χ1) is 11.1. The predicted molar refractivity (Wildman–Crippen MR) is 83.4 cm³/mol. The molecule has 0 aliphatic carbocycles. The van der Waals surface area contributed by atoms with E-state index in [-0.39, 0.29) is 6.54 Å². The van der Waals surface area contributed by atoms with Gasteiger partial charge in [0.15, 0.2) is 0 Å². The number of para-hydroxylation sites is 1. The van der Waals surface area contributed by atoms with Gasteiger partial charge in [-0.2, -0.15) is 0 Å². The van der Waals surface area contributed by atoms with Gasteiger partial charge in [0.25, 0.3) is 12.3 Å². The summed E-state index contributed by atoms with van der Waals surface area (Å²) in [7, 11) is 0. The first-order valence-corrected chi connectivity index (χ1v) is 7.22. The topological polar surface area (TPSA) is 33.5 Å². The van der Waals surface area contributed by atoms with Crippen LogP contribution in [-0.4, -0.2) is 23.8 Å². The zero-order valence-electron chi connectivity index (χ0n) is 12.3. The second-order valence-electron chi connectivity index (χ2n) is 5.21. The van der Waals surface area contributed by atoms with Crippen LogP contribution in [-0.2, 0) is 6.54 Å². The van der Waals surface area contributed by atoms with Gasteiger partial charge in [-0.05, 0) is 11.6 Å². The van der Waals surface area contributed by atoms with Crippen LogP contribution in [0.25, 0.3) is 11.0 Å². The molecule has 3 aromatic rings. The van der Waals surface area contributed by atoms with Crippen LogP contribution in [0, 0.1) is 0 Å². The summed E-state index contributed by atoms with van der Waals surface area (Å²) in [5.41, 5.74) is 1.67. The molecule has 3 nitrogen and oxygen atoms in total. The van der Waals surface area contributed by atoms with Crippen molar-refractivity contribution in [2.45, 2.75) is 13.0 Å². The zero-order chi connectivity index (χ0) is 16.2. The molecule has 0 saturated heterocycles. The largest absolute Gasteiger partial charge is 0.463 e. The molecule has 0 unspecified atom stereocenters. The summed E-state index contributed by atoms with van der Waals surface area (Å²) in [6.45, 7) is -0.489. The monoisotopic (exact) mass is 315 g/mol. The average Bonchev–Trinajstić information content (AvgIpc) is 2.98. The Hall–Kier alpha value is -2.69. The molecule has 0 saturated carbocycles. The van der Waals surface area contributed by atoms with Crippen molar-refractivity contribution in [2.75, 3.05) is 6.54 Å². The smallest absolute Gasteiger partial charge is 0.258 e. The van der Waals surface area contributed by atoms with Gasteiger partial charge < -0.3 is 9.32 Å². The van der Waals surface area contributed by atoms with E-state index in [1.807, 2.05) is 18.2 Å². The first kappa shape index (κ1) is 15.2. The Morgan fingerprint density at radius 1 is 1.04 bits per heavy atom. The van der Waals surface area contributed by atoms with E-state index in [2.05, 4.69) is 0 Å². The molecule has 23 heavy (non-hydrogen) atoms. The van der Waals surface area contributed by atoms with E-state index in [4.69, 9.17) is 4.42 Å². The number of nitrogens with zero attached hydrogens (tertiary/aromatic N) is 1. The lowest BCUT2D eigenvalue weighted by molar-refractivity contribution is 0.0536. The lowest BCUT2D eigenvalue weighted by atomic mass is 10.1. The Kier molecular flexibility index (Phi) is 4.37. The third-order valence-corrected chi connectivity index (χ3v) is 3.57. The van der Waals surface area contributed by atoms with E-state index >= 15 is 0 Å². The SMILES string of the molecule is O=C(c1coc2ccccc12)N(Cc1ccccc1)CC(F)F. The third kappa shape index (κ3) is 3.39. The second kappa shape index (κ2) is 6.60. The Balaban J connectivity index is 1.91. The van der Waals surface area contributed by atoms with Crippen molar-refractivity contribution in [1.29, 1.82) is 0 Å². The Bertz CT molecular complexity index is 799. The van der Waals surface area contributed by atoms with Crippen LogP contribution >= 0.6 is 0 Å². The summed E-state index contributed by atoms with van der Waals surface area (Å²) < 4.78 is 31.1. The highest BCUT2D eigenvalue weighted by molar-refractivity contribution is 6.05. The van der Waals surface area contributed by atoms with E-state index in [9.17, 15) is 13.6 Å². The normalized spacial score (nSPS) is 11.1. The maximum absolute atomic E-state index is 12.9. The molecule has 0 bridgehead atoms. The minimum atomic E-state index is -2.60. The van der Waals surface area contributed by atoms with Crippen molar-refractivity contribution in [3.8, 4) is 0 Å². The van der Waals surface area contributed by atoms with Crippen LogP contribution in [0.4, 0.5) is 8.78 Å². The second-order valence-corrected chi connectivity index (χ2v) is 5.21. The van der Waals surface area contributed by atoms with Gasteiger partial charge in [-0.1, -0.05) is 48.5 Å². The summed E-state index contributed by atoms with van der Waals surface area (Å²) >= 11 is 0. The van der Waals surface area contributed by atoms with Gasteiger partial charge in [0.2, 0.25) is 0 Å². The fourth-order valence-electron chi connectivity index (χ4n) is 2.50. The molecule has 0 spiro atoms. The van der Waals surface area contributed by atoms with E-state index in [0.717, 1.165) is 10.5 Å². The Morgan fingerprint density at radius 2 is 1.74 bits per heavy atom. The molecule has 5 heteroatoms. The van der Waals surface area contributed by atoms with Crippen molar-refractivity contribution < 1.29 is 18.0 Å². The van der Waals surface area contributed by atoms with Gasteiger partial charge in [0, 0.05) is 11.9 Å². The molecule has 3 rings (SSSR count). The fraction of sp³-hybridized carbons (Fsp3) is 0.167. The van der Waals surface area contributed by atoms with Gasteiger partial charge in [-0.3, -0.25) is 4.79 Å². The number of halogens is 2. The first-order valence-electron chi connectivity index (χ1n) is 7.22. The van der Waals surface area contributed by atoms with Crippen molar-refractivity contribution >= 4 is 16.9 Å². The molecule has 0 N–H and O–H groups in total. The highest BCUT2D eigenvalue weighted by atomic mass is 19.3. The summed E-state index contributed by atoms with van der Waals surface area (Å²) in [4.78, 5) is 13.8. The van der Waals surface area contributed by atoms with Crippen LogP contribution in [0.15, 0.2) is 65.3 Å². The minimum absolute atomic E-state index is 0.128. The van der Waals surface area contributed by atoms with Crippen molar-refractivity contribution in [2.24, 2.45) is 0 Å². The van der Waals surface area contributed by atoms with Crippen LogP contribution in [0.1, 0.15) is 15.9 Å². The Labute approximate surface area is 132 Å². The lowest BCUT2D eigenvalue weighted by Gasteiger charge is -2.22. The molecule has 0 aliphatic heterocycles. The summed E-state index contributed by atoms with van der Waals surface area (Å²) in [5.74, 6) is -0.459. The highest BCUT2D eigenvalue weighted by Crippen LogP contribution is 2.23. The number of benzene rings is 2. The molecule has 2 aromatic carbocycles. The number of amides is 1. The number of furan rings is 1. The van der Waals surface area contributed by atoms with Gasteiger partial charge >= 0.3 is 0 Å². The molecular formula is C18H15F2NO2. The van der Waals surface area contributed by atoms with Crippen molar-refractivity contribution in [1.82, 2.24) is 4.90 Å². The minimum Gasteiger partial charge on any atom is -0.463 e. The maximum Gasteiger partial charge on any atom is 0.258 e. The quantitative estimate of drug-likeness (QED) is 0.702. The lowest BCUT2D eigenvalue weighted by Crippen LogP contribution is -2.34. The van der Waals surface area contributed by atoms with E-state index in [0.29, 0.717) is 16.5 Å². The van der Waals surface area contributed by atoms with E-state index < -0.39 is 18.9 Å². The number of rotatable bonds is 5. The van der Waals surface area contributed by atoms with E-state index in [1.165, 1.54) is 6.26 Å². The molecule has 0 radical (unpaired) electrons. The van der Waals surface area contributed by atoms with Crippen LogP contribution < -0.4 is 0 Å². The molecule has 0 aliphatic rings. The van der Waals surface area contributed by atoms with Crippen LogP contribution in [0.5, 0.6) is 0 Å². The highest BCUT2D eigenvalue weighted by Gasteiger charge is 2.23. The molecular weight excluding hydrogens is 300 g/mol. The summed E-state index contributed by atoms with van der Waals surface area (Å²) in [6.07, 6.45) is -1.27. The van der Waals surface area contributed by atoms with Crippen LogP contribution in [0.3, 0.4) is 0 Å². The van der Waals surface area contributed by atoms with Gasteiger partial charge in [-0.15, -0.1) is 0 Å². The van der Waals surface area contributed by atoms with Crippen molar-refractivity contribution in [3.63, 3.8) is 0 Å². The van der Waals surface area contributed by atoms with Gasteiger partial charge in [-0.25, -0.2) is 8.78 Å². The number of fused-ring (bicyclic) bond motifs is 1. The standard InChI is InChI=1S/C18H15F2NO2/c19-17(20)11-21(10-13-6-2-1-3-7-13)18(22)15-12-23-16-9-5-4-8-14(15)16/h1-9,12,17H,10-11H2. The summed E-state index contributed by atoms with van der Waals surface area (Å²) in [5, 5.41) is 0.629.